The van der Waals surface area contributed by atoms with Crippen molar-refractivity contribution >= 4 is 22.2 Å². The molecule has 0 saturated carbocycles. The van der Waals surface area contributed by atoms with Crippen molar-refractivity contribution in [2.24, 2.45) is 0 Å². The average Bonchev–Trinajstić information content (AvgIpc) is 2.46. The number of ketones is 1. The van der Waals surface area contributed by atoms with Gasteiger partial charge >= 0.3 is 0 Å². The van der Waals surface area contributed by atoms with E-state index in [0.29, 0.717) is 16.0 Å². The van der Waals surface area contributed by atoms with Crippen molar-refractivity contribution in [3.63, 3.8) is 0 Å². The molecule has 1 unspecified atom stereocenters. The van der Waals surface area contributed by atoms with E-state index in [1.54, 1.807) is 12.1 Å². The van der Waals surface area contributed by atoms with Gasteiger partial charge in [0.2, 0.25) is 0 Å². The Kier molecular flexibility index (Phi) is 4.30. The maximum Gasteiger partial charge on any atom is 0.159 e. The molecule has 2 rings (SSSR count). The molecule has 0 saturated heterocycles. The van der Waals surface area contributed by atoms with Crippen molar-refractivity contribution in [2.45, 2.75) is 23.6 Å². The van der Waals surface area contributed by atoms with Crippen molar-refractivity contribution in [1.29, 1.82) is 0 Å². The third-order valence-electron chi connectivity index (χ3n) is 3.07. The Balaban J connectivity index is 2.47. The maximum atomic E-state index is 12.7. The first-order valence-electron chi connectivity index (χ1n) is 6.28. The van der Waals surface area contributed by atoms with Gasteiger partial charge in [-0.2, -0.15) is 0 Å². The molecule has 0 heterocycles. The standard InChI is InChI=1S/C17H16O2S/c1-12-8-10-15(11-9-12)20(19)17-7-5-4-6-16(17)13(2)14(3)18/h4-11H,2H2,1,3H3. The van der Waals surface area contributed by atoms with Crippen molar-refractivity contribution in [1.82, 2.24) is 0 Å². The molecule has 1 atom stereocenters. The summed E-state index contributed by atoms with van der Waals surface area (Å²) in [6, 6.07) is 14.7. The highest BCUT2D eigenvalue weighted by Gasteiger charge is 2.15. The van der Waals surface area contributed by atoms with Gasteiger partial charge in [-0.05, 0) is 32.0 Å². The molecule has 0 amide bonds. The lowest BCUT2D eigenvalue weighted by molar-refractivity contribution is -0.111. The summed E-state index contributed by atoms with van der Waals surface area (Å²) < 4.78 is 12.7. The van der Waals surface area contributed by atoms with Gasteiger partial charge in [0.1, 0.15) is 0 Å². The van der Waals surface area contributed by atoms with Crippen molar-refractivity contribution < 1.29 is 9.00 Å². The second-order valence-corrected chi connectivity index (χ2v) is 6.06. The van der Waals surface area contributed by atoms with Gasteiger partial charge in [-0.3, -0.25) is 4.79 Å². The number of aryl methyl sites for hydroxylation is 1. The minimum Gasteiger partial charge on any atom is -0.295 e. The first-order chi connectivity index (χ1) is 9.50. The summed E-state index contributed by atoms with van der Waals surface area (Å²) in [4.78, 5) is 12.8. The predicted molar refractivity (Wildman–Crippen MR) is 82.0 cm³/mol. The molecule has 0 aliphatic rings. The lowest BCUT2D eigenvalue weighted by Gasteiger charge is -2.10. The van der Waals surface area contributed by atoms with Crippen LogP contribution in [0, 0.1) is 6.92 Å². The number of rotatable bonds is 4. The average molecular weight is 284 g/mol. The van der Waals surface area contributed by atoms with Crippen LogP contribution in [0.3, 0.4) is 0 Å². The van der Waals surface area contributed by atoms with Gasteiger partial charge in [-0.15, -0.1) is 0 Å². The first kappa shape index (κ1) is 14.4. The number of Topliss-reactive ketones (excluding diaryl/α,β-unsaturated/α-hetero) is 1. The third kappa shape index (κ3) is 2.94. The van der Waals surface area contributed by atoms with Crippen LogP contribution in [0.4, 0.5) is 0 Å². The minimum atomic E-state index is -1.32. The van der Waals surface area contributed by atoms with Crippen LogP contribution in [-0.2, 0) is 15.6 Å². The van der Waals surface area contributed by atoms with Crippen LogP contribution >= 0.6 is 0 Å². The molecule has 102 valence electrons. The van der Waals surface area contributed by atoms with Crippen LogP contribution < -0.4 is 0 Å². The lowest BCUT2D eigenvalue weighted by Crippen LogP contribution is -2.02. The third-order valence-corrected chi connectivity index (χ3v) is 4.53. The second-order valence-electron chi connectivity index (χ2n) is 4.61. The topological polar surface area (TPSA) is 34.1 Å². The second kappa shape index (κ2) is 5.97. The first-order valence-corrected chi connectivity index (χ1v) is 7.43. The highest BCUT2D eigenvalue weighted by Crippen LogP contribution is 2.25. The van der Waals surface area contributed by atoms with E-state index < -0.39 is 10.8 Å². The number of allylic oxidation sites excluding steroid dienone is 1. The Morgan fingerprint density at radius 3 is 2.25 bits per heavy atom. The number of benzene rings is 2. The highest BCUT2D eigenvalue weighted by atomic mass is 32.2. The van der Waals surface area contributed by atoms with Crippen LogP contribution in [0.15, 0.2) is 64.9 Å². The predicted octanol–water partition coefficient (Wildman–Crippen LogP) is 3.76. The Labute approximate surface area is 121 Å². The van der Waals surface area contributed by atoms with Crippen molar-refractivity contribution in [3.05, 3.63) is 66.2 Å². The van der Waals surface area contributed by atoms with Gasteiger partial charge in [0.25, 0.3) is 0 Å². The summed E-state index contributed by atoms with van der Waals surface area (Å²) in [5.74, 6) is -0.113. The minimum absolute atomic E-state index is 0.113. The van der Waals surface area contributed by atoms with Crippen LogP contribution in [0.1, 0.15) is 18.1 Å². The Hall–Kier alpha value is -2.00. The van der Waals surface area contributed by atoms with E-state index in [9.17, 15) is 9.00 Å². The number of hydrogen-bond donors (Lipinski definition) is 0. The number of hydrogen-bond acceptors (Lipinski definition) is 2. The van der Waals surface area contributed by atoms with Crippen molar-refractivity contribution in [2.75, 3.05) is 0 Å². The smallest absolute Gasteiger partial charge is 0.159 e. The van der Waals surface area contributed by atoms with Gasteiger partial charge in [0.05, 0.1) is 15.7 Å². The molecule has 0 aromatic heterocycles. The molecule has 0 fully saturated rings. The molecular weight excluding hydrogens is 268 g/mol. The lowest BCUT2D eigenvalue weighted by atomic mass is 10.0. The highest BCUT2D eigenvalue weighted by molar-refractivity contribution is 7.85. The van der Waals surface area contributed by atoms with E-state index in [-0.39, 0.29) is 5.78 Å². The molecular formula is C17H16O2S. The van der Waals surface area contributed by atoms with Gasteiger partial charge in [0, 0.05) is 16.0 Å². The van der Waals surface area contributed by atoms with Crippen molar-refractivity contribution in [3.8, 4) is 0 Å². The van der Waals surface area contributed by atoms with Gasteiger partial charge < -0.3 is 0 Å². The fraction of sp³-hybridized carbons (Fsp3) is 0.118. The Morgan fingerprint density at radius 1 is 1.05 bits per heavy atom. The Morgan fingerprint density at radius 2 is 1.65 bits per heavy atom. The molecule has 2 nitrogen and oxygen atoms in total. The zero-order valence-corrected chi connectivity index (χ0v) is 12.4. The van der Waals surface area contributed by atoms with Gasteiger partial charge in [-0.1, -0.05) is 42.5 Å². The number of carbonyl (C=O) groups is 1. The molecule has 2 aromatic rings. The summed E-state index contributed by atoms with van der Waals surface area (Å²) in [6.45, 7) is 7.24. The molecule has 3 heteroatoms. The monoisotopic (exact) mass is 284 g/mol. The van der Waals surface area contributed by atoms with E-state index in [1.807, 2.05) is 43.3 Å². The SMILES string of the molecule is C=C(C(C)=O)c1ccccc1S(=O)c1ccc(C)cc1. The fourth-order valence-electron chi connectivity index (χ4n) is 1.86. The summed E-state index contributed by atoms with van der Waals surface area (Å²) >= 11 is 0. The molecule has 0 aliphatic heterocycles. The van der Waals surface area contributed by atoms with Gasteiger partial charge in [0.15, 0.2) is 5.78 Å². The normalized spacial score (nSPS) is 11.9. The quantitative estimate of drug-likeness (QED) is 0.801. The largest absolute Gasteiger partial charge is 0.295 e. The Bertz CT molecular complexity index is 684. The number of carbonyl (C=O) groups excluding carboxylic acids is 1. The van der Waals surface area contributed by atoms with Crippen LogP contribution in [0.25, 0.3) is 5.57 Å². The molecule has 0 bridgehead atoms. The van der Waals surface area contributed by atoms with Crippen LogP contribution in [-0.4, -0.2) is 9.99 Å². The summed E-state index contributed by atoms with van der Waals surface area (Å²) in [5.41, 5.74) is 2.16. The molecule has 0 N–H and O–H groups in total. The maximum absolute atomic E-state index is 12.7. The van der Waals surface area contributed by atoms with E-state index in [2.05, 4.69) is 6.58 Å². The fourth-order valence-corrected chi connectivity index (χ4v) is 3.09. The van der Waals surface area contributed by atoms with E-state index >= 15 is 0 Å². The summed E-state index contributed by atoms with van der Waals surface area (Å²) in [7, 11) is -1.32. The molecule has 0 radical (unpaired) electrons. The van der Waals surface area contributed by atoms with Crippen LogP contribution in [0.2, 0.25) is 0 Å². The van der Waals surface area contributed by atoms with E-state index in [0.717, 1.165) is 10.5 Å². The van der Waals surface area contributed by atoms with Gasteiger partial charge in [-0.25, -0.2) is 4.21 Å². The molecule has 0 aliphatic carbocycles. The van der Waals surface area contributed by atoms with E-state index in [1.165, 1.54) is 6.92 Å². The van der Waals surface area contributed by atoms with E-state index in [4.69, 9.17) is 0 Å². The summed E-state index contributed by atoms with van der Waals surface area (Å²) in [6.07, 6.45) is 0. The molecule has 0 spiro atoms. The molecule has 2 aromatic carbocycles. The zero-order chi connectivity index (χ0) is 14.7. The van der Waals surface area contributed by atoms with Crippen LogP contribution in [0.5, 0.6) is 0 Å². The zero-order valence-electron chi connectivity index (χ0n) is 11.6. The molecule has 20 heavy (non-hydrogen) atoms. The summed E-state index contributed by atoms with van der Waals surface area (Å²) in [5, 5.41) is 0.